The van der Waals surface area contributed by atoms with Crippen molar-refractivity contribution in [2.45, 2.75) is 155 Å². The Morgan fingerprint density at radius 1 is 0.439 bits per heavy atom. The average molecular weight is 585 g/mol. The smallest absolute Gasteiger partial charge is 0.0932 e. The fourth-order valence-electron chi connectivity index (χ4n) is 5.24. The van der Waals surface area contributed by atoms with Crippen molar-refractivity contribution in [1.82, 2.24) is 21.3 Å². The third-order valence-electron chi connectivity index (χ3n) is 7.84. The van der Waals surface area contributed by atoms with Gasteiger partial charge in [-0.15, -0.1) is 0 Å². The summed E-state index contributed by atoms with van der Waals surface area (Å²) in [6.45, 7) is 17.4. The van der Waals surface area contributed by atoms with E-state index in [0.717, 1.165) is 72.0 Å². The molecule has 0 aliphatic carbocycles. The van der Waals surface area contributed by atoms with Gasteiger partial charge in [0.2, 0.25) is 0 Å². The second-order valence-electron chi connectivity index (χ2n) is 11.9. The molecule has 0 aromatic rings. The van der Waals surface area contributed by atoms with Crippen LogP contribution >= 0.6 is 0 Å². The van der Waals surface area contributed by atoms with Gasteiger partial charge < -0.3 is 30.7 Å². The van der Waals surface area contributed by atoms with E-state index >= 15 is 0 Å². The van der Waals surface area contributed by atoms with Crippen LogP contribution in [0.5, 0.6) is 0 Å². The van der Waals surface area contributed by atoms with E-state index in [1.54, 1.807) is 0 Å². The molecular weight excluding hydrogens is 508 g/mol. The van der Waals surface area contributed by atoms with Gasteiger partial charge in [0, 0.05) is 19.8 Å². The van der Waals surface area contributed by atoms with Crippen molar-refractivity contribution in [2.24, 2.45) is 0 Å². The first-order chi connectivity index (χ1) is 20.3. The SMILES string of the molecule is CCCCCCCCCCCCCCCCCCOCC(CNCCCNCCCCNCCCNCC)OCC. The van der Waals surface area contributed by atoms with E-state index in [4.69, 9.17) is 9.47 Å². The molecule has 0 spiro atoms. The largest absolute Gasteiger partial charge is 0.379 e. The Morgan fingerprint density at radius 2 is 0.878 bits per heavy atom. The number of rotatable bonds is 37. The molecule has 248 valence electrons. The molecule has 6 nitrogen and oxygen atoms in total. The maximum Gasteiger partial charge on any atom is 0.0932 e. The van der Waals surface area contributed by atoms with Crippen LogP contribution in [0, 0.1) is 0 Å². The van der Waals surface area contributed by atoms with Crippen LogP contribution < -0.4 is 21.3 Å². The predicted molar refractivity (Wildman–Crippen MR) is 181 cm³/mol. The zero-order valence-corrected chi connectivity index (χ0v) is 28.3. The van der Waals surface area contributed by atoms with Gasteiger partial charge in [-0.1, -0.05) is 110 Å². The molecule has 0 aliphatic rings. The zero-order valence-electron chi connectivity index (χ0n) is 28.3. The number of hydrogen-bond acceptors (Lipinski definition) is 6. The highest BCUT2D eigenvalue weighted by Crippen LogP contribution is 2.13. The monoisotopic (exact) mass is 585 g/mol. The molecule has 1 atom stereocenters. The van der Waals surface area contributed by atoms with Crippen LogP contribution in [0.2, 0.25) is 0 Å². The Morgan fingerprint density at radius 3 is 1.37 bits per heavy atom. The van der Waals surface area contributed by atoms with Crippen LogP contribution in [0.1, 0.15) is 149 Å². The van der Waals surface area contributed by atoms with E-state index in [1.807, 2.05) is 0 Å². The highest BCUT2D eigenvalue weighted by molar-refractivity contribution is 4.62. The molecule has 4 N–H and O–H groups in total. The van der Waals surface area contributed by atoms with Gasteiger partial charge in [0.25, 0.3) is 0 Å². The first-order valence-electron chi connectivity index (χ1n) is 18.4. The fraction of sp³-hybridized carbons (Fsp3) is 1.00. The molecule has 0 bridgehead atoms. The van der Waals surface area contributed by atoms with Gasteiger partial charge in [-0.3, -0.25) is 0 Å². The maximum absolute atomic E-state index is 5.96. The van der Waals surface area contributed by atoms with Crippen molar-refractivity contribution in [3.63, 3.8) is 0 Å². The van der Waals surface area contributed by atoms with E-state index in [9.17, 15) is 0 Å². The predicted octanol–water partition coefficient (Wildman–Crippen LogP) is 7.61. The lowest BCUT2D eigenvalue weighted by Gasteiger charge is -2.18. The van der Waals surface area contributed by atoms with Crippen LogP contribution in [-0.4, -0.2) is 78.3 Å². The van der Waals surface area contributed by atoms with E-state index in [2.05, 4.69) is 42.0 Å². The molecule has 0 aromatic heterocycles. The summed E-state index contributed by atoms with van der Waals surface area (Å²) in [7, 11) is 0. The third-order valence-corrected chi connectivity index (χ3v) is 7.84. The van der Waals surface area contributed by atoms with Gasteiger partial charge >= 0.3 is 0 Å². The van der Waals surface area contributed by atoms with Gasteiger partial charge in [0.05, 0.1) is 12.7 Å². The summed E-state index contributed by atoms with van der Waals surface area (Å²) in [6.07, 6.45) is 27.5. The Balaban J connectivity index is 3.34. The van der Waals surface area contributed by atoms with Gasteiger partial charge in [-0.05, 0) is 84.8 Å². The van der Waals surface area contributed by atoms with Crippen molar-refractivity contribution < 1.29 is 9.47 Å². The summed E-state index contributed by atoms with van der Waals surface area (Å²) in [5.41, 5.74) is 0. The van der Waals surface area contributed by atoms with Gasteiger partial charge in [-0.2, -0.15) is 0 Å². The lowest BCUT2D eigenvalue weighted by Crippen LogP contribution is -2.34. The number of nitrogens with one attached hydrogen (secondary N) is 4. The van der Waals surface area contributed by atoms with E-state index in [0.29, 0.717) is 6.61 Å². The molecule has 0 fully saturated rings. The number of ether oxygens (including phenoxy) is 2. The molecule has 41 heavy (non-hydrogen) atoms. The molecule has 0 radical (unpaired) electrons. The van der Waals surface area contributed by atoms with E-state index < -0.39 is 0 Å². The second-order valence-corrected chi connectivity index (χ2v) is 11.9. The van der Waals surface area contributed by atoms with Crippen molar-refractivity contribution in [1.29, 1.82) is 0 Å². The van der Waals surface area contributed by atoms with Gasteiger partial charge in [0.1, 0.15) is 0 Å². The summed E-state index contributed by atoms with van der Waals surface area (Å²) in [4.78, 5) is 0. The van der Waals surface area contributed by atoms with Crippen LogP contribution in [-0.2, 0) is 9.47 Å². The quantitative estimate of drug-likeness (QED) is 0.0564. The standard InChI is InChI=1S/C35H76N4O2/c1-4-7-8-9-10-11-12-13-14-15-16-17-18-19-20-23-32-40-34-35(41-6-3)33-39-31-25-30-38-27-22-21-26-37-29-24-28-36-5-2/h35-39H,4-34H2,1-3H3. The lowest BCUT2D eigenvalue weighted by molar-refractivity contribution is -0.0113. The molecule has 1 unspecified atom stereocenters. The summed E-state index contributed by atoms with van der Waals surface area (Å²) in [5, 5.41) is 14.0. The third kappa shape index (κ3) is 35.9. The van der Waals surface area contributed by atoms with Crippen molar-refractivity contribution in [3.05, 3.63) is 0 Å². The Labute approximate surface area is 258 Å². The zero-order chi connectivity index (χ0) is 29.7. The van der Waals surface area contributed by atoms with Crippen LogP contribution in [0.4, 0.5) is 0 Å². The number of unbranched alkanes of at least 4 members (excludes halogenated alkanes) is 16. The minimum absolute atomic E-state index is 0.166. The Kier molecular flexibility index (Phi) is 37.6. The van der Waals surface area contributed by atoms with Gasteiger partial charge in [0.15, 0.2) is 0 Å². The molecule has 6 heteroatoms. The lowest BCUT2D eigenvalue weighted by atomic mass is 10.0. The molecule has 0 saturated carbocycles. The topological polar surface area (TPSA) is 66.6 Å². The molecule has 0 heterocycles. The van der Waals surface area contributed by atoms with E-state index in [1.165, 1.54) is 122 Å². The van der Waals surface area contributed by atoms with Crippen LogP contribution in [0.3, 0.4) is 0 Å². The van der Waals surface area contributed by atoms with E-state index in [-0.39, 0.29) is 6.10 Å². The van der Waals surface area contributed by atoms with Crippen LogP contribution in [0.15, 0.2) is 0 Å². The van der Waals surface area contributed by atoms with Gasteiger partial charge in [-0.25, -0.2) is 0 Å². The molecule has 0 amide bonds. The van der Waals surface area contributed by atoms with Crippen molar-refractivity contribution >= 4 is 0 Å². The first-order valence-corrected chi connectivity index (χ1v) is 18.4. The Hall–Kier alpha value is -0.240. The normalized spacial score (nSPS) is 12.4. The summed E-state index contributed by atoms with van der Waals surface area (Å²) in [6, 6.07) is 0. The minimum Gasteiger partial charge on any atom is -0.379 e. The first kappa shape index (κ1) is 40.8. The highest BCUT2D eigenvalue weighted by atomic mass is 16.5. The molecule has 0 rings (SSSR count). The van der Waals surface area contributed by atoms with Crippen LogP contribution in [0.25, 0.3) is 0 Å². The minimum atomic E-state index is 0.166. The molecular formula is C35H76N4O2. The molecule has 0 saturated heterocycles. The summed E-state index contributed by atoms with van der Waals surface area (Å²) in [5.74, 6) is 0. The van der Waals surface area contributed by atoms with Crippen molar-refractivity contribution in [2.75, 3.05) is 72.2 Å². The summed E-state index contributed by atoms with van der Waals surface area (Å²) >= 11 is 0. The number of hydrogen-bond donors (Lipinski definition) is 4. The maximum atomic E-state index is 5.96. The molecule has 0 aliphatic heterocycles. The van der Waals surface area contributed by atoms with Crippen molar-refractivity contribution in [3.8, 4) is 0 Å². The average Bonchev–Trinajstić information content (AvgIpc) is 2.98. The summed E-state index contributed by atoms with van der Waals surface area (Å²) < 4.78 is 11.8. The highest BCUT2D eigenvalue weighted by Gasteiger charge is 2.08. The molecule has 0 aromatic carbocycles. The Bertz CT molecular complexity index is 456. The second kappa shape index (κ2) is 37.8. The fourth-order valence-corrected chi connectivity index (χ4v) is 5.24.